The van der Waals surface area contributed by atoms with Gasteiger partial charge in [0.15, 0.2) is 0 Å². The summed E-state index contributed by atoms with van der Waals surface area (Å²) >= 11 is 0. The molecule has 0 heterocycles. The average Bonchev–Trinajstić information content (AvgIpc) is 2.38. The lowest BCUT2D eigenvalue weighted by molar-refractivity contribution is 0.168. The van der Waals surface area contributed by atoms with E-state index < -0.39 is 0 Å². The monoisotopic (exact) mass is 234 g/mol. The van der Waals surface area contributed by atoms with Crippen molar-refractivity contribution >= 4 is 6.03 Å². The van der Waals surface area contributed by atoms with Crippen molar-refractivity contribution in [2.45, 2.75) is 20.3 Å². The first-order valence-electron chi connectivity index (χ1n) is 6.23. The van der Waals surface area contributed by atoms with Crippen LogP contribution in [0.3, 0.4) is 0 Å². The van der Waals surface area contributed by atoms with E-state index in [9.17, 15) is 4.79 Å². The van der Waals surface area contributed by atoms with Crippen molar-refractivity contribution < 1.29 is 4.79 Å². The highest BCUT2D eigenvalue weighted by molar-refractivity contribution is 5.74. The highest BCUT2D eigenvalue weighted by Crippen LogP contribution is 2.02. The van der Waals surface area contributed by atoms with E-state index in [1.165, 1.54) is 5.56 Å². The third kappa shape index (κ3) is 4.10. The van der Waals surface area contributed by atoms with E-state index in [0.29, 0.717) is 0 Å². The summed E-state index contributed by atoms with van der Waals surface area (Å²) < 4.78 is 0. The van der Waals surface area contributed by atoms with Crippen molar-refractivity contribution in [1.29, 1.82) is 0 Å². The molecule has 0 aliphatic heterocycles. The van der Waals surface area contributed by atoms with E-state index in [2.05, 4.69) is 12.1 Å². The maximum atomic E-state index is 12.0. The van der Waals surface area contributed by atoms with Gasteiger partial charge < -0.3 is 9.80 Å². The van der Waals surface area contributed by atoms with Crippen LogP contribution in [0.2, 0.25) is 0 Å². The number of nitrogens with zero attached hydrogens (tertiary/aromatic N) is 2. The Morgan fingerprint density at radius 2 is 1.71 bits per heavy atom. The minimum atomic E-state index is 0.117. The fraction of sp³-hybridized carbons (Fsp3) is 0.500. The van der Waals surface area contributed by atoms with Gasteiger partial charge in [-0.1, -0.05) is 30.3 Å². The summed E-state index contributed by atoms with van der Waals surface area (Å²) in [5.74, 6) is 0. The Balaban J connectivity index is 2.44. The Bertz CT molecular complexity index is 333. The van der Waals surface area contributed by atoms with Gasteiger partial charge in [-0.3, -0.25) is 0 Å². The smallest absolute Gasteiger partial charge is 0.319 e. The van der Waals surface area contributed by atoms with Crippen LogP contribution in [0.1, 0.15) is 19.4 Å². The third-order valence-electron chi connectivity index (χ3n) is 2.94. The largest absolute Gasteiger partial charge is 0.327 e. The SMILES string of the molecule is CCN(CC)C(=O)N(C)CCc1ccccc1. The maximum absolute atomic E-state index is 12.0. The zero-order valence-electron chi connectivity index (χ0n) is 11.0. The fourth-order valence-corrected chi connectivity index (χ4v) is 1.77. The molecule has 1 aromatic rings. The molecule has 0 fully saturated rings. The summed E-state index contributed by atoms with van der Waals surface area (Å²) in [5, 5.41) is 0. The van der Waals surface area contributed by atoms with Crippen LogP contribution in [-0.4, -0.2) is 42.5 Å². The van der Waals surface area contributed by atoms with Crippen molar-refractivity contribution in [2.75, 3.05) is 26.7 Å². The first-order chi connectivity index (χ1) is 8.19. The van der Waals surface area contributed by atoms with E-state index in [1.807, 2.05) is 44.0 Å². The molecule has 0 atom stereocenters. The van der Waals surface area contributed by atoms with Crippen molar-refractivity contribution in [3.63, 3.8) is 0 Å². The lowest BCUT2D eigenvalue weighted by atomic mass is 10.1. The molecule has 0 aliphatic rings. The van der Waals surface area contributed by atoms with Crippen LogP contribution < -0.4 is 0 Å². The van der Waals surface area contributed by atoms with Crippen LogP contribution in [0.4, 0.5) is 4.79 Å². The zero-order valence-corrected chi connectivity index (χ0v) is 11.0. The number of carbonyl (C=O) groups excluding carboxylic acids is 1. The Morgan fingerprint density at radius 1 is 1.12 bits per heavy atom. The number of amides is 2. The lowest BCUT2D eigenvalue weighted by Crippen LogP contribution is -2.41. The molecule has 0 unspecified atom stereocenters. The molecule has 94 valence electrons. The van der Waals surface area contributed by atoms with Crippen molar-refractivity contribution in [3.8, 4) is 0 Å². The van der Waals surface area contributed by atoms with E-state index in [-0.39, 0.29) is 6.03 Å². The molecule has 3 nitrogen and oxygen atoms in total. The van der Waals surface area contributed by atoms with Gasteiger partial charge in [-0.15, -0.1) is 0 Å². The Labute approximate surface area is 104 Å². The molecule has 0 saturated heterocycles. The second-order valence-electron chi connectivity index (χ2n) is 4.11. The molecule has 2 amide bonds. The second kappa shape index (κ2) is 6.94. The number of carbonyl (C=O) groups is 1. The Morgan fingerprint density at radius 3 is 2.24 bits per heavy atom. The third-order valence-corrected chi connectivity index (χ3v) is 2.94. The van der Waals surface area contributed by atoms with Gasteiger partial charge in [-0.25, -0.2) is 4.79 Å². The maximum Gasteiger partial charge on any atom is 0.319 e. The molecule has 1 rings (SSSR count). The summed E-state index contributed by atoms with van der Waals surface area (Å²) in [6.45, 7) is 6.31. The Hall–Kier alpha value is -1.51. The molecule has 17 heavy (non-hydrogen) atoms. The van der Waals surface area contributed by atoms with Crippen LogP contribution in [0, 0.1) is 0 Å². The molecule has 0 bridgehead atoms. The molecule has 1 aromatic carbocycles. The van der Waals surface area contributed by atoms with Gasteiger partial charge in [-0.05, 0) is 25.8 Å². The van der Waals surface area contributed by atoms with E-state index in [1.54, 1.807) is 4.90 Å². The minimum Gasteiger partial charge on any atom is -0.327 e. The van der Waals surface area contributed by atoms with Crippen molar-refractivity contribution in [1.82, 2.24) is 9.80 Å². The van der Waals surface area contributed by atoms with Crippen LogP contribution >= 0.6 is 0 Å². The number of hydrogen-bond donors (Lipinski definition) is 0. The van der Waals surface area contributed by atoms with E-state index in [4.69, 9.17) is 0 Å². The van der Waals surface area contributed by atoms with Gasteiger partial charge in [0.2, 0.25) is 0 Å². The number of urea groups is 1. The number of hydrogen-bond acceptors (Lipinski definition) is 1. The van der Waals surface area contributed by atoms with Gasteiger partial charge in [0.1, 0.15) is 0 Å². The van der Waals surface area contributed by atoms with E-state index >= 15 is 0 Å². The fourth-order valence-electron chi connectivity index (χ4n) is 1.77. The van der Waals surface area contributed by atoms with Gasteiger partial charge >= 0.3 is 6.03 Å². The summed E-state index contributed by atoms with van der Waals surface area (Å²) in [4.78, 5) is 15.6. The highest BCUT2D eigenvalue weighted by Gasteiger charge is 2.13. The standard InChI is InChI=1S/C14H22N2O/c1-4-16(5-2)14(17)15(3)12-11-13-9-7-6-8-10-13/h6-10H,4-5,11-12H2,1-3H3. The molecule has 0 aromatic heterocycles. The molecule has 0 radical (unpaired) electrons. The normalized spacial score (nSPS) is 10.1. The molecule has 0 N–H and O–H groups in total. The number of likely N-dealkylation sites (N-methyl/N-ethyl adjacent to an activating group) is 1. The van der Waals surface area contributed by atoms with E-state index in [0.717, 1.165) is 26.1 Å². The van der Waals surface area contributed by atoms with Gasteiger partial charge in [0.05, 0.1) is 0 Å². The number of benzene rings is 1. The first-order valence-corrected chi connectivity index (χ1v) is 6.23. The van der Waals surface area contributed by atoms with Crippen molar-refractivity contribution in [2.24, 2.45) is 0 Å². The van der Waals surface area contributed by atoms with Gasteiger partial charge in [-0.2, -0.15) is 0 Å². The van der Waals surface area contributed by atoms with Gasteiger partial charge in [0, 0.05) is 26.7 Å². The van der Waals surface area contributed by atoms with Crippen LogP contribution in [0.5, 0.6) is 0 Å². The van der Waals surface area contributed by atoms with Crippen LogP contribution in [0.15, 0.2) is 30.3 Å². The topological polar surface area (TPSA) is 23.6 Å². The summed E-state index contributed by atoms with van der Waals surface area (Å²) in [6.07, 6.45) is 0.907. The molecule has 0 aliphatic carbocycles. The second-order valence-corrected chi connectivity index (χ2v) is 4.11. The first kappa shape index (κ1) is 13.6. The predicted octanol–water partition coefficient (Wildman–Crippen LogP) is 2.62. The zero-order chi connectivity index (χ0) is 12.7. The molecular formula is C14H22N2O. The van der Waals surface area contributed by atoms with Crippen LogP contribution in [-0.2, 0) is 6.42 Å². The Kier molecular flexibility index (Phi) is 5.53. The molecule has 3 heteroatoms. The summed E-state index contributed by atoms with van der Waals surface area (Å²) in [5.41, 5.74) is 1.27. The predicted molar refractivity (Wildman–Crippen MR) is 71.1 cm³/mol. The lowest BCUT2D eigenvalue weighted by Gasteiger charge is -2.26. The summed E-state index contributed by atoms with van der Waals surface area (Å²) in [6, 6.07) is 10.4. The highest BCUT2D eigenvalue weighted by atomic mass is 16.2. The molecule has 0 spiro atoms. The molecule has 0 saturated carbocycles. The minimum absolute atomic E-state index is 0.117. The van der Waals surface area contributed by atoms with Crippen molar-refractivity contribution in [3.05, 3.63) is 35.9 Å². The average molecular weight is 234 g/mol. The number of rotatable bonds is 5. The van der Waals surface area contributed by atoms with Gasteiger partial charge in [0.25, 0.3) is 0 Å². The van der Waals surface area contributed by atoms with Crippen LogP contribution in [0.25, 0.3) is 0 Å². The quantitative estimate of drug-likeness (QED) is 0.768. The summed E-state index contributed by atoms with van der Waals surface area (Å²) in [7, 11) is 1.86. The molecular weight excluding hydrogens is 212 g/mol.